The SMILES string of the molecule is CC[C@H]1OC(OCCOCCNC(=O)CC[C@@H](NC(=O)CCC(N)C(=O)NC(CCC(=O)CCCOCCOC2O[C@H](COC(C)=O)[C@H](OC(C)=O)[C@H](C)[C@H]2C)C(=O)NCCOCCOC2O[C@H](COC(C)=O)[C@H](C)[C@H](C)[C@H]2C)C(=O)CCCOCCOC2O[C@H](COC(C)=O)[C@H](C)[C@H](C)[C@H]2NC(C)=O)[C@H](NC(C)=O)[C@@H](C)[C@H]1C. The molecule has 8 N–H and O–H groups in total. The van der Waals surface area contributed by atoms with E-state index in [1.807, 2.05) is 48.5 Å². The highest BCUT2D eigenvalue weighted by Crippen LogP contribution is 2.38. The molecule has 4 fully saturated rings. The first-order chi connectivity index (χ1) is 54.1. The van der Waals surface area contributed by atoms with Crippen LogP contribution in [0.1, 0.15) is 181 Å². The van der Waals surface area contributed by atoms with E-state index in [9.17, 15) is 57.5 Å². The van der Waals surface area contributed by atoms with Gasteiger partial charge in [-0.2, -0.15) is 0 Å². The van der Waals surface area contributed by atoms with E-state index in [1.165, 1.54) is 41.5 Å². The minimum absolute atomic E-state index is 0.00217. The molecule has 4 saturated heterocycles. The van der Waals surface area contributed by atoms with Crippen molar-refractivity contribution < 1.29 is 133 Å². The summed E-state index contributed by atoms with van der Waals surface area (Å²) >= 11 is 0. The van der Waals surface area contributed by atoms with Crippen LogP contribution in [0.3, 0.4) is 0 Å². The van der Waals surface area contributed by atoms with Crippen molar-refractivity contribution in [3.8, 4) is 0 Å². The summed E-state index contributed by atoms with van der Waals surface area (Å²) in [5, 5.41) is 16.8. The van der Waals surface area contributed by atoms with Gasteiger partial charge in [0.2, 0.25) is 35.4 Å². The Hall–Kier alpha value is -6.48. The predicted molar refractivity (Wildman–Crippen MR) is 409 cm³/mol. The number of hydrogen-bond acceptors (Lipinski definition) is 29. The van der Waals surface area contributed by atoms with E-state index in [0.29, 0.717) is 6.42 Å². The van der Waals surface area contributed by atoms with Crippen LogP contribution in [0.5, 0.6) is 0 Å². The molecule has 0 aromatic heterocycles. The molecule has 0 saturated carbocycles. The molecule has 6 amide bonds. The summed E-state index contributed by atoms with van der Waals surface area (Å²) in [6, 6.07) is -4.63. The Morgan fingerprint density at radius 1 is 0.377 bits per heavy atom. The molecule has 4 heterocycles. The minimum Gasteiger partial charge on any atom is -0.463 e. The molecule has 35 nitrogen and oxygen atoms in total. The first kappa shape index (κ1) is 99.9. The summed E-state index contributed by atoms with van der Waals surface area (Å²) in [5.74, 6) is -5.53. The standard InChI is InChI=1S/C79H135N7O28/c1-17-65-47(4)49(6)71(83-54(11)87)78(111-65)105-41-37-101-32-28-81-69(95)27-25-62(64(94)21-19-31-100-35-40-106-79-72(84-55(12)88)50(7)48(5)67(113-79)43-108-57(14)90)85-70(96)26-23-61(80)74(97)86-63(75(98)82-29-33-102-36-39-103-76-52(9)45(2)46(3)66(112-76)42-107-56(13)89)24-22-60(93)20-18-30-99-34-38-104-77-53(10)51(8)73(110-59(16)92)68(114-77)44-109-58(15)91/h45-53,61-63,65-68,71-73,76-79H,17-44,80H2,1-16H3,(H,81,95)(H,82,98)(H,83,87)(H,84,88)(H,85,96)(H,86,97)/t45-,46+,47+,48+,49-,50-,51+,52+,53+,61?,62+,63?,65+,66+,67+,68+,71+,72+,73+,76?,77?,78?,79?/m0/s1. The summed E-state index contributed by atoms with van der Waals surface area (Å²) in [6.07, 6.45) is -5.01. The first-order valence-corrected chi connectivity index (χ1v) is 40.6. The lowest BCUT2D eigenvalue weighted by molar-refractivity contribution is -0.275. The van der Waals surface area contributed by atoms with Crippen molar-refractivity contribution in [2.75, 3.05) is 112 Å². The highest BCUT2D eigenvalue weighted by Gasteiger charge is 2.47. The summed E-state index contributed by atoms with van der Waals surface area (Å²) in [6.45, 7) is 29.5. The fraction of sp³-hybridized carbons (Fsp3) is 0.848. The van der Waals surface area contributed by atoms with Crippen LogP contribution in [0, 0.1) is 53.3 Å². The van der Waals surface area contributed by atoms with Crippen molar-refractivity contribution in [1.29, 1.82) is 0 Å². The zero-order valence-corrected chi connectivity index (χ0v) is 70.1. The summed E-state index contributed by atoms with van der Waals surface area (Å²) in [5.41, 5.74) is 6.41. The van der Waals surface area contributed by atoms with Crippen LogP contribution in [0.2, 0.25) is 0 Å². The number of nitrogens with one attached hydrogen (secondary N) is 6. The van der Waals surface area contributed by atoms with Crippen LogP contribution in [0.15, 0.2) is 0 Å². The van der Waals surface area contributed by atoms with Crippen LogP contribution >= 0.6 is 0 Å². The van der Waals surface area contributed by atoms with Gasteiger partial charge in [-0.25, -0.2) is 0 Å². The van der Waals surface area contributed by atoms with Gasteiger partial charge in [-0.15, -0.1) is 0 Å². The fourth-order valence-corrected chi connectivity index (χ4v) is 14.0. The second kappa shape index (κ2) is 53.8. The lowest BCUT2D eigenvalue weighted by Gasteiger charge is -2.44. The molecule has 0 aromatic rings. The number of rotatable bonds is 54. The van der Waals surface area contributed by atoms with E-state index < -0.39 is 121 Å². The van der Waals surface area contributed by atoms with Gasteiger partial charge in [-0.05, 0) is 74.0 Å². The van der Waals surface area contributed by atoms with Crippen molar-refractivity contribution in [2.45, 2.75) is 267 Å². The zero-order chi connectivity index (χ0) is 84.6. The molecule has 6 unspecified atom stereocenters. The molecular formula is C79H135N7O28. The van der Waals surface area contributed by atoms with Gasteiger partial charge in [-0.3, -0.25) is 57.5 Å². The number of amides is 6. The molecule has 0 aromatic carbocycles. The average Bonchev–Trinajstić information content (AvgIpc) is 0.821. The maximum Gasteiger partial charge on any atom is 0.303 e. The Kier molecular flexibility index (Phi) is 47.1. The third-order valence-electron chi connectivity index (χ3n) is 21.8. The Bertz CT molecular complexity index is 2970. The number of hydrogen-bond donors (Lipinski definition) is 7. The highest BCUT2D eigenvalue weighted by atomic mass is 16.7. The van der Waals surface area contributed by atoms with E-state index in [4.69, 9.17) is 81.5 Å². The van der Waals surface area contributed by atoms with Crippen molar-refractivity contribution >= 4 is 70.9 Å². The molecule has 0 bridgehead atoms. The third-order valence-corrected chi connectivity index (χ3v) is 21.8. The molecule has 4 aliphatic rings. The largest absolute Gasteiger partial charge is 0.463 e. The number of ketones is 2. The topological polar surface area (TPSA) is 451 Å². The van der Waals surface area contributed by atoms with E-state index in [1.54, 1.807) is 0 Å². The average molecular weight is 1630 g/mol. The first-order valence-electron chi connectivity index (χ1n) is 40.6. The van der Waals surface area contributed by atoms with Crippen molar-refractivity contribution in [3.63, 3.8) is 0 Å². The maximum atomic E-state index is 14.0. The van der Waals surface area contributed by atoms with Gasteiger partial charge in [0.05, 0.1) is 109 Å². The van der Waals surface area contributed by atoms with Gasteiger partial charge in [0.1, 0.15) is 43.9 Å². The van der Waals surface area contributed by atoms with Crippen molar-refractivity contribution in [1.82, 2.24) is 31.9 Å². The predicted octanol–water partition coefficient (Wildman–Crippen LogP) is 3.35. The Labute approximate surface area is 672 Å². The van der Waals surface area contributed by atoms with Crippen LogP contribution in [0.4, 0.5) is 0 Å². The van der Waals surface area contributed by atoms with Crippen LogP contribution in [-0.2, 0) is 133 Å². The molecule has 0 radical (unpaired) electrons. The van der Waals surface area contributed by atoms with Gasteiger partial charge < -0.3 is 113 Å². The van der Waals surface area contributed by atoms with Gasteiger partial charge >= 0.3 is 23.9 Å². The van der Waals surface area contributed by atoms with E-state index in [-0.39, 0.29) is 259 Å². The van der Waals surface area contributed by atoms with Gasteiger partial charge in [0, 0.05) is 118 Å². The Morgan fingerprint density at radius 3 is 1.30 bits per heavy atom. The number of ether oxygens (including phenoxy) is 16. The molecule has 35 heteroatoms. The number of carbonyl (C=O) groups is 12. The quantitative estimate of drug-likeness (QED) is 0.0261. The molecule has 23 atom stereocenters. The van der Waals surface area contributed by atoms with Crippen molar-refractivity contribution in [3.05, 3.63) is 0 Å². The molecule has 114 heavy (non-hydrogen) atoms. The minimum atomic E-state index is -1.35. The molecule has 4 aliphatic heterocycles. The van der Waals surface area contributed by atoms with E-state index in [2.05, 4.69) is 52.7 Å². The summed E-state index contributed by atoms with van der Waals surface area (Å²) < 4.78 is 93.0. The van der Waals surface area contributed by atoms with Crippen LogP contribution < -0.4 is 37.6 Å². The molecule has 654 valence electrons. The second-order valence-electron chi connectivity index (χ2n) is 30.4. The van der Waals surface area contributed by atoms with Crippen LogP contribution in [0.25, 0.3) is 0 Å². The van der Waals surface area contributed by atoms with E-state index >= 15 is 0 Å². The highest BCUT2D eigenvalue weighted by molar-refractivity contribution is 5.92. The molecule has 4 rings (SSSR count). The monoisotopic (exact) mass is 1630 g/mol. The lowest BCUT2D eigenvalue weighted by atomic mass is 9.79. The normalized spacial score (nSPS) is 28.3. The maximum absolute atomic E-state index is 14.0. The van der Waals surface area contributed by atoms with Gasteiger partial charge in [-0.1, -0.05) is 69.2 Å². The Morgan fingerprint density at radius 2 is 0.798 bits per heavy atom. The number of Topliss-reactive ketones (excluding diaryl/α,β-unsaturated/α-hetero) is 2. The lowest BCUT2D eigenvalue weighted by Crippen LogP contribution is -2.58. The third kappa shape index (κ3) is 36.6. The van der Waals surface area contributed by atoms with Gasteiger partial charge in [0.25, 0.3) is 0 Å². The molecule has 0 aliphatic carbocycles. The smallest absolute Gasteiger partial charge is 0.303 e. The number of nitrogens with two attached hydrogens (primary N) is 1. The summed E-state index contributed by atoms with van der Waals surface area (Å²) in [4.78, 5) is 153. The zero-order valence-electron chi connectivity index (χ0n) is 70.1. The van der Waals surface area contributed by atoms with Crippen LogP contribution in [-0.4, -0.2) is 269 Å². The molecule has 0 spiro atoms. The summed E-state index contributed by atoms with van der Waals surface area (Å²) in [7, 11) is 0. The second-order valence-corrected chi connectivity index (χ2v) is 30.4. The fourth-order valence-electron chi connectivity index (χ4n) is 14.0. The number of carbonyl (C=O) groups excluding carboxylic acids is 12. The number of esters is 4. The van der Waals surface area contributed by atoms with E-state index in [0.717, 1.165) is 6.42 Å². The Balaban J connectivity index is 1.35. The van der Waals surface area contributed by atoms with Crippen molar-refractivity contribution in [2.24, 2.45) is 59.0 Å². The molecular weight excluding hydrogens is 1490 g/mol. The van der Waals surface area contributed by atoms with Gasteiger partial charge in [0.15, 0.2) is 30.9 Å².